The molecule has 3 aliphatic rings. The Labute approximate surface area is 771 Å². The maximum atomic E-state index is 15.7. The number of phenols is 1. The second-order valence-corrected chi connectivity index (χ2v) is 35.2. The van der Waals surface area contributed by atoms with Gasteiger partial charge in [0.15, 0.2) is 0 Å². The molecule has 0 spiro atoms. The van der Waals surface area contributed by atoms with E-state index in [1.165, 1.54) is 62.8 Å². The molecule has 14 atom stereocenters. The van der Waals surface area contributed by atoms with Crippen LogP contribution in [0.25, 0.3) is 21.8 Å². The number of aliphatic hydroxyl groups is 2. The normalized spacial score (nSPS) is 24.4. The number of hydrogen-bond acceptors (Lipinski definition) is 23. The molecule has 133 heavy (non-hydrogen) atoms. The first-order valence-corrected chi connectivity index (χ1v) is 45.5. The Morgan fingerprint density at radius 1 is 0.541 bits per heavy atom. The Balaban J connectivity index is 1.09. The minimum Gasteiger partial charge on any atom is -0.508 e. The van der Waals surface area contributed by atoms with Crippen LogP contribution >= 0.6 is 11.8 Å². The van der Waals surface area contributed by atoms with Crippen LogP contribution in [0.2, 0.25) is 0 Å². The number of phenolic OH excluding ortho intramolecular Hbond substituents is 1. The molecule has 0 radical (unpaired) electrons. The lowest BCUT2D eigenvalue weighted by molar-refractivity contribution is -0.149. The van der Waals surface area contributed by atoms with E-state index >= 15 is 38.4 Å². The van der Waals surface area contributed by atoms with Crippen LogP contribution in [0.15, 0.2) is 97.7 Å². The van der Waals surface area contributed by atoms with E-state index in [4.69, 9.17) is 17.2 Å². The molecule has 9 rings (SSSR count). The Bertz CT molecular complexity index is 5160. The van der Waals surface area contributed by atoms with E-state index in [1.807, 2.05) is 13.8 Å². The zero-order valence-electron chi connectivity index (χ0n) is 75.4. The van der Waals surface area contributed by atoms with Crippen molar-refractivity contribution in [2.45, 2.75) is 221 Å². The maximum absolute atomic E-state index is 15.7. The number of fused-ring (bicyclic) bond motifs is 4. The van der Waals surface area contributed by atoms with Gasteiger partial charge in [-0.1, -0.05) is 102 Å². The number of rotatable bonds is 25. The fourth-order valence-corrected chi connectivity index (χ4v) is 17.3. The van der Waals surface area contributed by atoms with Gasteiger partial charge in [-0.3, -0.25) is 86.3 Å². The lowest BCUT2D eigenvalue weighted by Gasteiger charge is -2.36. The van der Waals surface area contributed by atoms with Crippen molar-refractivity contribution in [1.29, 1.82) is 0 Å². The molecular weight excluding hydrogens is 1750 g/mol. The van der Waals surface area contributed by atoms with Crippen molar-refractivity contribution < 1.29 is 102 Å². The summed E-state index contributed by atoms with van der Waals surface area (Å²) in [6.07, 6.45) is 2.42. The summed E-state index contributed by atoms with van der Waals surface area (Å²) >= 11 is 0.784. The van der Waals surface area contributed by atoms with Gasteiger partial charge in [-0.05, 0) is 85.4 Å². The van der Waals surface area contributed by atoms with Gasteiger partial charge in [-0.2, -0.15) is 0 Å². The van der Waals surface area contributed by atoms with Gasteiger partial charge in [0.05, 0.1) is 44.3 Å². The van der Waals surface area contributed by atoms with Crippen LogP contribution in [-0.4, -0.2) is 316 Å². The quantitative estimate of drug-likeness (QED) is 0.0267. The fraction of sp³-hybridized carbons (Fsp3) is 0.517. The van der Waals surface area contributed by atoms with Crippen LogP contribution in [0.1, 0.15) is 134 Å². The number of carbonyl (C=O) groups is 18. The van der Waals surface area contributed by atoms with E-state index in [9.17, 15) is 63.3 Å². The summed E-state index contributed by atoms with van der Waals surface area (Å²) in [4.78, 5) is 280. The molecule has 3 aromatic heterocycles. The molecule has 6 aromatic rings. The average Bonchev–Trinajstić information content (AvgIpc) is 1.72. The van der Waals surface area contributed by atoms with Gasteiger partial charge >= 0.3 is 0 Å². The zero-order chi connectivity index (χ0) is 97.0. The van der Waals surface area contributed by atoms with E-state index in [0.29, 0.717) is 64.2 Å². The highest BCUT2D eigenvalue weighted by atomic mass is 32.2. The first kappa shape index (κ1) is 103. The number of amides is 18. The topological polar surface area (TPSA) is 643 Å². The predicted molar refractivity (Wildman–Crippen MR) is 484 cm³/mol. The third-order valence-corrected chi connectivity index (χ3v) is 24.5. The van der Waals surface area contributed by atoms with E-state index in [1.54, 1.807) is 74.8 Å². The number of likely N-dealkylation sites (N-methyl/N-ethyl adjacent to an activating group) is 3. The molecule has 3 aromatic carbocycles. The summed E-state index contributed by atoms with van der Waals surface area (Å²) in [5.74, 6) is -18.8. The molecule has 0 saturated carbocycles. The largest absolute Gasteiger partial charge is 0.508 e. The monoisotopic (exact) mass is 1870 g/mol. The molecule has 3 fully saturated rings. The average molecular weight is 1870 g/mol. The lowest BCUT2D eigenvalue weighted by Crippen LogP contribution is -2.62. The second-order valence-electron chi connectivity index (χ2n) is 34.1. The van der Waals surface area contributed by atoms with Gasteiger partial charge in [-0.15, -0.1) is 11.8 Å². The van der Waals surface area contributed by atoms with Gasteiger partial charge < -0.3 is 125 Å². The first-order valence-electron chi connectivity index (χ1n) is 44.3. The van der Waals surface area contributed by atoms with Gasteiger partial charge in [0.1, 0.15) is 84.3 Å². The number of unbranched alkanes of at least 4 members (excludes halogenated alkanes) is 2. The van der Waals surface area contributed by atoms with E-state index in [2.05, 4.69) is 73.1 Å². The maximum Gasteiger partial charge on any atom is 0.246 e. The van der Waals surface area contributed by atoms with Crippen LogP contribution in [-0.2, 0) is 112 Å². The number of hydrogen-bond donors (Lipinski definition) is 19. The Morgan fingerprint density at radius 3 is 1.68 bits per heavy atom. The minimum atomic E-state index is -1.91. The van der Waals surface area contributed by atoms with Crippen LogP contribution < -0.4 is 70.4 Å². The molecule has 6 heterocycles. The van der Waals surface area contributed by atoms with Gasteiger partial charge in [0.2, 0.25) is 106 Å². The number of imidazole rings is 1. The molecule has 0 unspecified atom stereocenters. The number of thioether (sulfide) groups is 1. The number of H-pyrrole nitrogens is 3. The molecule has 720 valence electrons. The third kappa shape index (κ3) is 29.0. The van der Waals surface area contributed by atoms with Crippen molar-refractivity contribution in [3.63, 3.8) is 0 Å². The summed E-state index contributed by atoms with van der Waals surface area (Å²) < 4.78 is 0. The highest BCUT2D eigenvalue weighted by Gasteiger charge is 2.47. The van der Waals surface area contributed by atoms with Crippen LogP contribution in [0.3, 0.4) is 0 Å². The first-order chi connectivity index (χ1) is 63.4. The summed E-state index contributed by atoms with van der Waals surface area (Å²) in [5.41, 5.74) is 19.6. The van der Waals surface area contributed by atoms with E-state index in [0.717, 1.165) is 31.4 Å². The number of aromatic hydroxyl groups is 1. The number of nitrogens with two attached hydrogens (primary N) is 3. The predicted octanol–water partition coefficient (Wildman–Crippen LogP) is -3.32. The van der Waals surface area contributed by atoms with Crippen LogP contribution in [0.4, 0.5) is 0 Å². The van der Waals surface area contributed by atoms with Crippen molar-refractivity contribution in [1.82, 2.24) is 97.6 Å². The second kappa shape index (κ2) is 49.1. The summed E-state index contributed by atoms with van der Waals surface area (Å²) in [6, 6.07) is -1.19. The Morgan fingerprint density at radius 2 is 1.08 bits per heavy atom. The Hall–Kier alpha value is -13.5. The number of para-hydroxylation sites is 2. The number of aromatic amines is 3. The van der Waals surface area contributed by atoms with Gasteiger partial charge in [-0.25, -0.2) is 4.98 Å². The summed E-state index contributed by atoms with van der Waals surface area (Å²) in [5, 5.41) is 60.1. The Kier molecular flexibility index (Phi) is 38.1. The van der Waals surface area contributed by atoms with Gasteiger partial charge in [0.25, 0.3) is 0 Å². The van der Waals surface area contributed by atoms with Crippen LogP contribution in [0.5, 0.6) is 5.75 Å². The molecule has 0 aliphatic carbocycles. The van der Waals surface area contributed by atoms with Crippen molar-refractivity contribution in [3.05, 3.63) is 120 Å². The van der Waals surface area contributed by atoms with Gasteiger partial charge in [0, 0.05) is 125 Å². The number of carbonyl (C=O) groups excluding carboxylic acids is 18. The van der Waals surface area contributed by atoms with E-state index in [-0.39, 0.29) is 81.7 Å². The fourth-order valence-electron chi connectivity index (χ4n) is 16.4. The molecule has 44 heteroatoms. The number of nitrogens with zero attached hydrogens (tertiary/aromatic N) is 6. The highest BCUT2D eigenvalue weighted by molar-refractivity contribution is 8.00. The summed E-state index contributed by atoms with van der Waals surface area (Å²) in [6.45, 7) is 3.81. The number of primary amides is 3. The number of nitrogens with one attached hydrogen (secondary N) is 13. The number of aliphatic hydroxyl groups excluding tert-OH is 2. The molecular formula is C89H122N22O21S. The van der Waals surface area contributed by atoms with Crippen molar-refractivity contribution >= 4 is 140 Å². The van der Waals surface area contributed by atoms with Crippen molar-refractivity contribution in [2.75, 3.05) is 65.4 Å². The molecule has 3 aliphatic heterocycles. The third-order valence-electron chi connectivity index (χ3n) is 23.5. The molecule has 0 bridgehead atoms. The van der Waals surface area contributed by atoms with Crippen molar-refractivity contribution in [2.24, 2.45) is 23.1 Å². The number of aromatic nitrogens is 4. The summed E-state index contributed by atoms with van der Waals surface area (Å²) in [7, 11) is 3.90. The molecule has 22 N–H and O–H groups in total. The molecule has 43 nitrogen and oxygen atoms in total. The zero-order valence-corrected chi connectivity index (χ0v) is 76.2. The molecule has 3 saturated heterocycles. The highest BCUT2D eigenvalue weighted by Crippen LogP contribution is 2.28. The smallest absolute Gasteiger partial charge is 0.246 e. The minimum absolute atomic E-state index is 0.00299. The standard InChI is InChI=1S/C89H122N22O21S/c1-8-10-21-68-82(125)101-60(31-48(3)4)78(121)106-67(77(120)96-41-74(92)117)45-133-46-76(119)99-63(32-49-24-26-53(113)27-25-49)85(128)107(5)43-75(118)98-65(37-73(91)116)88(131)110-30-16-23-69(110)83(126)103-62(35-52-40-93-47-97-52)80(123)100-59(28-29-72(90)115)87(130)111-42-54(114)36-71(111)84(127)102-61(33-50-38-94-57-19-14-12-17-55(50)57)79(122)105-66(44-112)81(124)104-64(34-51-39-95-58-20-15-13-18-56(51)58)86(129)109(7)70(22-11-9-2)89(132)108(68)6/h12-15,17-20,24-27,38-40,47-48,54,59-71,94-95,112-114H,8-11,16,21-23,28-37,41-46H2,1-7H3,(H2,90,115)(H2,91,116)(H2,92,117)(H,93,97)(H,96,120)(H,98,118)(H,99,119)(H,100,123)(H,101,125)(H,102,127)(H,103,126)(H,104,124)(H,105,122)(H,106,121)/t54-,59+,60+,61+,62+,63+,64+,65-,66+,67+,68+,69+,70+,71+/m1/s1. The number of benzene rings is 3. The van der Waals surface area contributed by atoms with Crippen LogP contribution in [0, 0.1) is 5.92 Å². The molecule has 18 amide bonds. The lowest BCUT2D eigenvalue weighted by atomic mass is 9.99. The van der Waals surface area contributed by atoms with E-state index < -0.39 is 254 Å². The van der Waals surface area contributed by atoms with Crippen molar-refractivity contribution in [3.8, 4) is 5.75 Å². The SMILES string of the molecule is CCCC[C@H]1C(=O)N(C)[C@@H](CCCC)C(=O)N[C@@H](CC(C)C)C(=O)N[C@H](C(=O)NCC(N)=O)CSCC(=O)N[C@@H](Cc2ccc(O)cc2)C(=O)N(C)CC(=O)N[C@H](CC(N)=O)C(=O)N2CCC[C@H]2C(=O)N[C@@H](Cc2cnc[nH]2)C(=O)N[C@@H](CCC(N)=O)C(=O)N2C[C@H](O)C[C@H]2C(=O)N[C@@H](Cc2c[nH]c3ccccc23)C(=O)N[C@@H](CO)C(=O)N[C@@H](Cc2c[nH]c3ccccc23)C(=O)N1C.